The zero-order valence-corrected chi connectivity index (χ0v) is 15.4. The lowest BCUT2D eigenvalue weighted by molar-refractivity contribution is -0.137. The first kappa shape index (κ1) is 18.5. The molecule has 1 atom stereocenters. The molecule has 0 saturated heterocycles. The molecule has 2 heterocycles. The van der Waals surface area contributed by atoms with E-state index in [2.05, 4.69) is 4.98 Å². The van der Waals surface area contributed by atoms with Gasteiger partial charge in [-0.05, 0) is 42.3 Å². The van der Waals surface area contributed by atoms with E-state index < -0.39 is 21.8 Å². The van der Waals surface area contributed by atoms with Gasteiger partial charge in [0.05, 0.1) is 35.1 Å². The maximum absolute atomic E-state index is 13.2. The topological polar surface area (TPSA) is 55.2 Å². The van der Waals surface area contributed by atoms with Crippen molar-refractivity contribution in [3.63, 3.8) is 0 Å². The van der Waals surface area contributed by atoms with E-state index in [4.69, 9.17) is 0 Å². The number of aromatic nitrogens is 2. The van der Waals surface area contributed by atoms with Crippen LogP contribution in [0.5, 0.6) is 0 Å². The number of anilines is 1. The fourth-order valence-corrected chi connectivity index (χ4v) is 4.93. The van der Waals surface area contributed by atoms with E-state index in [1.807, 2.05) is 16.7 Å². The molecule has 0 aliphatic carbocycles. The summed E-state index contributed by atoms with van der Waals surface area (Å²) in [5.41, 5.74) is 0.503. The van der Waals surface area contributed by atoms with Gasteiger partial charge in [-0.1, -0.05) is 18.2 Å². The van der Waals surface area contributed by atoms with Gasteiger partial charge < -0.3 is 4.57 Å². The van der Waals surface area contributed by atoms with Crippen LogP contribution in [-0.2, 0) is 22.6 Å². The van der Waals surface area contributed by atoms with Crippen LogP contribution in [0, 0.1) is 0 Å². The molecule has 1 aromatic heterocycles. The number of hydrogen-bond acceptors (Lipinski definition) is 3. The zero-order chi connectivity index (χ0) is 19.9. The first-order chi connectivity index (χ1) is 13.3. The Morgan fingerprint density at radius 2 is 1.75 bits per heavy atom. The maximum Gasteiger partial charge on any atom is 0.416 e. The van der Waals surface area contributed by atoms with E-state index in [0.29, 0.717) is 12.1 Å². The standard InChI is InChI=1S/C19H16F3N3O2S/c20-19(21,22)15-5-7-17(8-6-15)28(26,27)25-12-16(24-10-9-23-13-24)11-14-3-1-2-4-18(14)25/h1-10,13,16H,11-12H2/t16-/m1/s1. The summed E-state index contributed by atoms with van der Waals surface area (Å²) in [5.74, 6) is 0. The summed E-state index contributed by atoms with van der Waals surface area (Å²) in [6.45, 7) is 0.163. The Hall–Kier alpha value is -2.81. The predicted molar refractivity (Wildman–Crippen MR) is 97.4 cm³/mol. The van der Waals surface area contributed by atoms with Crippen LogP contribution in [0.2, 0.25) is 0 Å². The number of rotatable bonds is 3. The number of halogens is 3. The maximum atomic E-state index is 13.2. The van der Waals surface area contributed by atoms with Gasteiger partial charge in [0.1, 0.15) is 0 Å². The van der Waals surface area contributed by atoms with Crippen molar-refractivity contribution in [2.75, 3.05) is 10.8 Å². The van der Waals surface area contributed by atoms with Crippen molar-refractivity contribution in [2.24, 2.45) is 0 Å². The van der Waals surface area contributed by atoms with Crippen LogP contribution >= 0.6 is 0 Å². The molecule has 9 heteroatoms. The van der Waals surface area contributed by atoms with Gasteiger partial charge in [0.15, 0.2) is 0 Å². The molecule has 4 rings (SSSR count). The molecule has 146 valence electrons. The largest absolute Gasteiger partial charge is 0.416 e. The second-order valence-electron chi connectivity index (χ2n) is 6.55. The Morgan fingerprint density at radius 3 is 2.39 bits per heavy atom. The van der Waals surface area contributed by atoms with Crippen molar-refractivity contribution in [1.29, 1.82) is 0 Å². The third-order valence-corrected chi connectivity index (χ3v) is 6.60. The van der Waals surface area contributed by atoms with Gasteiger partial charge in [-0.15, -0.1) is 0 Å². The summed E-state index contributed by atoms with van der Waals surface area (Å²) in [4.78, 5) is 3.84. The second-order valence-corrected chi connectivity index (χ2v) is 8.42. The van der Waals surface area contributed by atoms with Gasteiger partial charge in [-0.2, -0.15) is 13.2 Å². The van der Waals surface area contributed by atoms with E-state index in [1.165, 1.54) is 4.31 Å². The number of hydrogen-bond donors (Lipinski definition) is 0. The number of nitrogens with zero attached hydrogens (tertiary/aromatic N) is 3. The molecule has 0 radical (unpaired) electrons. The summed E-state index contributed by atoms with van der Waals surface area (Å²) in [6, 6.07) is 10.6. The lowest BCUT2D eigenvalue weighted by Crippen LogP contribution is -2.40. The first-order valence-corrected chi connectivity index (χ1v) is 9.96. The van der Waals surface area contributed by atoms with Crippen molar-refractivity contribution >= 4 is 15.7 Å². The fraction of sp³-hybridized carbons (Fsp3) is 0.211. The van der Waals surface area contributed by atoms with Gasteiger partial charge in [0.25, 0.3) is 10.0 Å². The molecule has 28 heavy (non-hydrogen) atoms. The highest BCUT2D eigenvalue weighted by molar-refractivity contribution is 7.92. The van der Waals surface area contributed by atoms with Crippen LogP contribution in [0.1, 0.15) is 17.2 Å². The Kier molecular flexibility index (Phi) is 4.41. The zero-order valence-electron chi connectivity index (χ0n) is 14.5. The van der Waals surface area contributed by atoms with Crippen LogP contribution in [-0.4, -0.2) is 24.5 Å². The molecule has 0 unspecified atom stereocenters. The highest BCUT2D eigenvalue weighted by Gasteiger charge is 2.35. The number of benzene rings is 2. The van der Waals surface area contributed by atoms with E-state index in [9.17, 15) is 21.6 Å². The molecular formula is C19H16F3N3O2S. The molecule has 3 aromatic rings. The SMILES string of the molecule is O=S(=O)(c1ccc(C(F)(F)F)cc1)N1C[C@H](n2ccnc2)Cc2ccccc21. The second kappa shape index (κ2) is 6.66. The fourth-order valence-electron chi connectivity index (χ4n) is 3.39. The minimum absolute atomic E-state index is 0.163. The van der Waals surface area contributed by atoms with E-state index in [1.54, 1.807) is 30.9 Å². The van der Waals surface area contributed by atoms with E-state index in [-0.39, 0.29) is 17.5 Å². The third kappa shape index (κ3) is 3.26. The number of para-hydroxylation sites is 1. The molecule has 1 aliphatic heterocycles. The molecule has 0 fully saturated rings. The molecule has 0 spiro atoms. The highest BCUT2D eigenvalue weighted by Crippen LogP contribution is 2.36. The van der Waals surface area contributed by atoms with Crippen LogP contribution in [0.4, 0.5) is 18.9 Å². The van der Waals surface area contributed by atoms with Crippen LogP contribution < -0.4 is 4.31 Å². The molecule has 0 amide bonds. The van der Waals surface area contributed by atoms with Crippen molar-refractivity contribution in [3.8, 4) is 0 Å². The molecule has 1 aliphatic rings. The highest BCUT2D eigenvalue weighted by atomic mass is 32.2. The first-order valence-electron chi connectivity index (χ1n) is 8.52. The van der Waals surface area contributed by atoms with E-state index in [0.717, 1.165) is 29.8 Å². The third-order valence-electron chi connectivity index (χ3n) is 4.81. The van der Waals surface area contributed by atoms with Crippen LogP contribution in [0.15, 0.2) is 72.1 Å². The summed E-state index contributed by atoms with van der Waals surface area (Å²) < 4.78 is 68.0. The van der Waals surface area contributed by atoms with Gasteiger partial charge >= 0.3 is 6.18 Å². The van der Waals surface area contributed by atoms with Gasteiger partial charge in [-0.25, -0.2) is 13.4 Å². The van der Waals surface area contributed by atoms with Crippen LogP contribution in [0.25, 0.3) is 0 Å². The number of imidazole rings is 1. The average Bonchev–Trinajstić information content (AvgIpc) is 3.21. The van der Waals surface area contributed by atoms with Crippen LogP contribution in [0.3, 0.4) is 0 Å². The number of sulfonamides is 1. The Labute approximate surface area is 160 Å². The minimum atomic E-state index is -4.52. The summed E-state index contributed by atoms with van der Waals surface area (Å²) in [6.07, 6.45) is 1.12. The normalized spacial score (nSPS) is 17.4. The smallest absolute Gasteiger partial charge is 0.332 e. The number of fused-ring (bicyclic) bond motifs is 1. The summed E-state index contributed by atoms with van der Waals surface area (Å²) >= 11 is 0. The summed E-state index contributed by atoms with van der Waals surface area (Å²) in [7, 11) is -4.03. The van der Waals surface area contributed by atoms with Crippen molar-refractivity contribution in [2.45, 2.75) is 23.5 Å². The van der Waals surface area contributed by atoms with Gasteiger partial charge in [0, 0.05) is 12.4 Å². The van der Waals surface area contributed by atoms with Crippen molar-refractivity contribution in [3.05, 3.63) is 78.4 Å². The lowest BCUT2D eigenvalue weighted by Gasteiger charge is -2.35. The quantitative estimate of drug-likeness (QED) is 0.662. The van der Waals surface area contributed by atoms with Crippen molar-refractivity contribution in [1.82, 2.24) is 9.55 Å². The van der Waals surface area contributed by atoms with Gasteiger partial charge in [0.2, 0.25) is 0 Å². The predicted octanol–water partition coefficient (Wildman–Crippen LogP) is 3.89. The molecule has 2 aromatic carbocycles. The molecule has 0 bridgehead atoms. The van der Waals surface area contributed by atoms with E-state index >= 15 is 0 Å². The van der Waals surface area contributed by atoms with Gasteiger partial charge in [-0.3, -0.25) is 4.31 Å². The van der Waals surface area contributed by atoms with Crippen molar-refractivity contribution < 1.29 is 21.6 Å². The molecular weight excluding hydrogens is 391 g/mol. The number of alkyl halides is 3. The Bertz CT molecular complexity index is 1080. The molecule has 0 saturated carbocycles. The Morgan fingerprint density at radius 1 is 1.04 bits per heavy atom. The minimum Gasteiger partial charge on any atom is -0.332 e. The lowest BCUT2D eigenvalue weighted by atomic mass is 10.00. The monoisotopic (exact) mass is 407 g/mol. The Balaban J connectivity index is 1.75. The summed E-state index contributed by atoms with van der Waals surface area (Å²) in [5, 5.41) is 0. The molecule has 0 N–H and O–H groups in total. The molecule has 5 nitrogen and oxygen atoms in total. The average molecular weight is 407 g/mol.